The zero-order valence-electron chi connectivity index (χ0n) is 6.65. The van der Waals surface area contributed by atoms with Crippen molar-refractivity contribution < 1.29 is 27.1 Å². The molecular formula is C8H5F5O. The number of phenols is 1. The second-order valence-corrected chi connectivity index (χ2v) is 2.54. The van der Waals surface area contributed by atoms with Crippen LogP contribution in [-0.4, -0.2) is 5.11 Å². The topological polar surface area (TPSA) is 20.2 Å². The molecule has 1 rings (SSSR count). The van der Waals surface area contributed by atoms with E-state index in [-0.39, 0.29) is 0 Å². The Bertz CT molecular complexity index is 331. The van der Waals surface area contributed by atoms with Crippen LogP contribution in [0.3, 0.4) is 0 Å². The molecule has 0 saturated heterocycles. The van der Waals surface area contributed by atoms with Crippen molar-refractivity contribution >= 4 is 0 Å². The molecule has 1 aromatic rings. The molecule has 0 aliphatic heterocycles. The van der Waals surface area contributed by atoms with Gasteiger partial charge in [-0.2, -0.15) is 13.2 Å². The van der Waals surface area contributed by atoms with Crippen LogP contribution in [0.5, 0.6) is 5.75 Å². The average Bonchev–Trinajstić information content (AvgIpc) is 2.01. The predicted octanol–water partition coefficient (Wildman–Crippen LogP) is 3.35. The number of alkyl halides is 5. The van der Waals surface area contributed by atoms with Crippen LogP contribution in [0.25, 0.3) is 0 Å². The lowest BCUT2D eigenvalue weighted by atomic mass is 10.1. The number of hydrogen-bond donors (Lipinski definition) is 1. The van der Waals surface area contributed by atoms with Gasteiger partial charge in [-0.25, -0.2) is 8.78 Å². The van der Waals surface area contributed by atoms with Gasteiger partial charge in [-0.15, -0.1) is 0 Å². The first kappa shape index (κ1) is 10.7. The fourth-order valence-electron chi connectivity index (χ4n) is 1.05. The highest BCUT2D eigenvalue weighted by molar-refractivity contribution is 5.41. The lowest BCUT2D eigenvalue weighted by Crippen LogP contribution is -2.09. The third kappa shape index (κ3) is 1.94. The maximum absolute atomic E-state index is 12.2. The Morgan fingerprint density at radius 3 is 2.07 bits per heavy atom. The van der Waals surface area contributed by atoms with Crippen LogP contribution in [0.1, 0.15) is 17.6 Å². The number of rotatable bonds is 1. The summed E-state index contributed by atoms with van der Waals surface area (Å²) in [7, 11) is 0. The van der Waals surface area contributed by atoms with Crippen LogP contribution < -0.4 is 0 Å². The summed E-state index contributed by atoms with van der Waals surface area (Å²) in [6, 6.07) is 2.29. The number of benzene rings is 1. The van der Waals surface area contributed by atoms with Gasteiger partial charge in [0.15, 0.2) is 0 Å². The summed E-state index contributed by atoms with van der Waals surface area (Å²) in [6.07, 6.45) is -8.24. The molecule has 0 unspecified atom stereocenters. The summed E-state index contributed by atoms with van der Waals surface area (Å²) in [5.41, 5.74) is -2.88. The van der Waals surface area contributed by atoms with Crippen molar-refractivity contribution in [2.75, 3.05) is 0 Å². The van der Waals surface area contributed by atoms with Gasteiger partial charge in [0, 0.05) is 5.56 Å². The second-order valence-electron chi connectivity index (χ2n) is 2.54. The molecule has 0 heterocycles. The number of hydrogen-bond acceptors (Lipinski definition) is 1. The molecule has 0 atom stereocenters. The zero-order valence-corrected chi connectivity index (χ0v) is 6.65. The molecule has 0 aromatic heterocycles. The first-order chi connectivity index (χ1) is 6.34. The molecule has 0 bridgehead atoms. The van der Waals surface area contributed by atoms with Gasteiger partial charge in [0.05, 0.1) is 0 Å². The maximum atomic E-state index is 12.2. The molecule has 0 saturated carbocycles. The molecule has 0 aliphatic carbocycles. The minimum Gasteiger partial charge on any atom is -0.507 e. The highest BCUT2D eigenvalue weighted by atomic mass is 19.4. The quantitative estimate of drug-likeness (QED) is 0.707. The molecule has 0 amide bonds. The van der Waals surface area contributed by atoms with Crippen molar-refractivity contribution in [3.05, 3.63) is 29.3 Å². The smallest absolute Gasteiger partial charge is 0.420 e. The van der Waals surface area contributed by atoms with E-state index < -0.39 is 29.5 Å². The Kier molecular flexibility index (Phi) is 2.64. The summed E-state index contributed by atoms with van der Waals surface area (Å²) < 4.78 is 60.8. The normalized spacial score (nSPS) is 12.1. The van der Waals surface area contributed by atoms with E-state index in [1.54, 1.807) is 0 Å². The van der Waals surface area contributed by atoms with Gasteiger partial charge in [0.1, 0.15) is 11.3 Å². The summed E-state index contributed by atoms with van der Waals surface area (Å²) in [5.74, 6) is -1.18. The summed E-state index contributed by atoms with van der Waals surface area (Å²) in [5, 5.41) is 8.82. The van der Waals surface area contributed by atoms with E-state index in [1.165, 1.54) is 0 Å². The Hall–Kier alpha value is -1.33. The lowest BCUT2D eigenvalue weighted by Gasteiger charge is -2.13. The van der Waals surface area contributed by atoms with Gasteiger partial charge < -0.3 is 5.11 Å². The van der Waals surface area contributed by atoms with Gasteiger partial charge in [0.25, 0.3) is 6.43 Å². The van der Waals surface area contributed by atoms with Crippen LogP contribution >= 0.6 is 0 Å². The Labute approximate surface area is 75.8 Å². The monoisotopic (exact) mass is 212 g/mol. The van der Waals surface area contributed by atoms with E-state index in [0.717, 1.165) is 6.07 Å². The fourth-order valence-corrected chi connectivity index (χ4v) is 1.05. The zero-order chi connectivity index (χ0) is 10.9. The maximum Gasteiger partial charge on any atom is 0.420 e. The van der Waals surface area contributed by atoms with E-state index in [0.29, 0.717) is 12.1 Å². The largest absolute Gasteiger partial charge is 0.507 e. The molecule has 0 spiro atoms. The van der Waals surface area contributed by atoms with Crippen molar-refractivity contribution in [1.29, 1.82) is 0 Å². The van der Waals surface area contributed by atoms with Crippen LogP contribution in [0.2, 0.25) is 0 Å². The van der Waals surface area contributed by atoms with E-state index in [1.807, 2.05) is 0 Å². The third-order valence-corrected chi connectivity index (χ3v) is 1.59. The summed E-state index contributed by atoms with van der Waals surface area (Å²) >= 11 is 0. The van der Waals surface area contributed by atoms with Gasteiger partial charge in [0.2, 0.25) is 0 Å². The predicted molar refractivity (Wildman–Crippen MR) is 38.1 cm³/mol. The van der Waals surface area contributed by atoms with Crippen LogP contribution in [-0.2, 0) is 6.18 Å². The van der Waals surface area contributed by atoms with Gasteiger partial charge in [-0.1, -0.05) is 12.1 Å². The number of aromatic hydroxyl groups is 1. The highest BCUT2D eigenvalue weighted by Gasteiger charge is 2.38. The van der Waals surface area contributed by atoms with Gasteiger partial charge in [-0.3, -0.25) is 0 Å². The SMILES string of the molecule is Oc1cccc(C(F)F)c1C(F)(F)F. The lowest BCUT2D eigenvalue weighted by molar-refractivity contribution is -0.140. The number of halogens is 5. The van der Waals surface area contributed by atoms with Crippen LogP contribution in [0.4, 0.5) is 22.0 Å². The van der Waals surface area contributed by atoms with E-state index in [9.17, 15) is 22.0 Å². The molecule has 1 aromatic carbocycles. The van der Waals surface area contributed by atoms with E-state index in [2.05, 4.69) is 0 Å². The van der Waals surface area contributed by atoms with Gasteiger partial charge in [-0.05, 0) is 6.07 Å². The molecule has 0 radical (unpaired) electrons. The van der Waals surface area contributed by atoms with Gasteiger partial charge >= 0.3 is 6.18 Å². The molecule has 14 heavy (non-hydrogen) atoms. The molecule has 78 valence electrons. The van der Waals surface area contributed by atoms with E-state index in [4.69, 9.17) is 5.11 Å². The van der Waals surface area contributed by atoms with Crippen molar-refractivity contribution in [3.8, 4) is 5.75 Å². The first-order valence-corrected chi connectivity index (χ1v) is 3.51. The first-order valence-electron chi connectivity index (χ1n) is 3.51. The molecule has 0 fully saturated rings. The van der Waals surface area contributed by atoms with E-state index >= 15 is 0 Å². The third-order valence-electron chi connectivity index (χ3n) is 1.59. The van der Waals surface area contributed by atoms with Crippen molar-refractivity contribution in [2.45, 2.75) is 12.6 Å². The Morgan fingerprint density at radius 2 is 1.71 bits per heavy atom. The van der Waals surface area contributed by atoms with Crippen molar-refractivity contribution in [2.24, 2.45) is 0 Å². The average molecular weight is 212 g/mol. The molecule has 6 heteroatoms. The molecular weight excluding hydrogens is 207 g/mol. The summed E-state index contributed by atoms with van der Waals surface area (Å²) in [4.78, 5) is 0. The van der Waals surface area contributed by atoms with Crippen LogP contribution in [0.15, 0.2) is 18.2 Å². The fraction of sp³-hybridized carbons (Fsp3) is 0.250. The minimum atomic E-state index is -4.98. The summed E-state index contributed by atoms with van der Waals surface area (Å²) in [6.45, 7) is 0. The molecule has 1 nitrogen and oxygen atoms in total. The number of phenolic OH excluding ortho intramolecular Hbond substituents is 1. The highest BCUT2D eigenvalue weighted by Crippen LogP contribution is 2.41. The minimum absolute atomic E-state index is 0.632. The standard InChI is InChI=1S/C8H5F5O/c9-7(10)4-2-1-3-5(14)6(4)8(11,12)13/h1-3,7,14H. The van der Waals surface area contributed by atoms with Crippen molar-refractivity contribution in [3.63, 3.8) is 0 Å². The van der Waals surface area contributed by atoms with Crippen molar-refractivity contribution in [1.82, 2.24) is 0 Å². The Morgan fingerprint density at radius 1 is 1.14 bits per heavy atom. The second kappa shape index (κ2) is 3.43. The van der Waals surface area contributed by atoms with Crippen LogP contribution in [0, 0.1) is 0 Å². The Balaban J connectivity index is 3.38. The molecule has 0 aliphatic rings. The molecule has 1 N–H and O–H groups in total.